The Morgan fingerprint density at radius 3 is 1.92 bits per heavy atom. The third-order valence-electron chi connectivity index (χ3n) is 10.2. The predicted octanol–water partition coefficient (Wildman–Crippen LogP) is 13.3. The first-order valence-corrected chi connectivity index (χ1v) is 17.6. The van der Waals surface area contributed by atoms with Crippen molar-refractivity contribution in [1.29, 1.82) is 0 Å². The standard InChI is InChI=1S/C47H38N2O/c1-29(2)39-26-34(31-14-7-5-8-15-31)27-40(30(3)4)45(39)49-25-24-48-47(49)38-21-13-20-37-44-42(50-46(37)38)28-41(32-16-9-6-10-17-32)36-23-22-33-18-11-12-19-35(33)43(36)44/h5-30H,1-4H3. The van der Waals surface area contributed by atoms with E-state index in [1.807, 2.05) is 6.20 Å². The molecule has 0 amide bonds. The van der Waals surface area contributed by atoms with Crippen LogP contribution >= 0.6 is 0 Å². The lowest BCUT2D eigenvalue weighted by Gasteiger charge is -2.23. The molecule has 0 saturated carbocycles. The fraction of sp³-hybridized carbons (Fsp3) is 0.128. The van der Waals surface area contributed by atoms with E-state index in [4.69, 9.17) is 9.40 Å². The van der Waals surface area contributed by atoms with Gasteiger partial charge in [0.05, 0.1) is 11.3 Å². The van der Waals surface area contributed by atoms with Gasteiger partial charge in [-0.1, -0.05) is 137 Å². The van der Waals surface area contributed by atoms with Crippen LogP contribution in [0.3, 0.4) is 0 Å². The molecule has 0 spiro atoms. The molecule has 0 aliphatic carbocycles. The Hall–Kier alpha value is -5.93. The second-order valence-corrected chi connectivity index (χ2v) is 14.0. The van der Waals surface area contributed by atoms with Crippen LogP contribution < -0.4 is 0 Å². The number of para-hydroxylation sites is 1. The van der Waals surface area contributed by atoms with Gasteiger partial charge in [-0.05, 0) is 85.6 Å². The molecular weight excluding hydrogens is 609 g/mol. The molecule has 3 heteroatoms. The minimum Gasteiger partial charge on any atom is -0.455 e. The van der Waals surface area contributed by atoms with Gasteiger partial charge in [-0.15, -0.1) is 0 Å². The summed E-state index contributed by atoms with van der Waals surface area (Å²) in [5.41, 5.74) is 11.3. The second kappa shape index (κ2) is 11.9. The predicted molar refractivity (Wildman–Crippen MR) is 210 cm³/mol. The van der Waals surface area contributed by atoms with Crippen LogP contribution in [0.5, 0.6) is 0 Å². The van der Waals surface area contributed by atoms with Crippen molar-refractivity contribution < 1.29 is 4.42 Å². The molecule has 0 bridgehead atoms. The van der Waals surface area contributed by atoms with Gasteiger partial charge in [0.15, 0.2) is 0 Å². The first-order chi connectivity index (χ1) is 24.5. The Labute approximate surface area is 292 Å². The van der Waals surface area contributed by atoms with Gasteiger partial charge in [0.25, 0.3) is 0 Å². The van der Waals surface area contributed by atoms with Gasteiger partial charge < -0.3 is 4.42 Å². The van der Waals surface area contributed by atoms with Crippen LogP contribution in [0.4, 0.5) is 0 Å². The summed E-state index contributed by atoms with van der Waals surface area (Å²) in [6.45, 7) is 9.14. The number of hydrogen-bond donors (Lipinski definition) is 0. The number of nitrogens with zero attached hydrogens (tertiary/aromatic N) is 2. The maximum Gasteiger partial charge on any atom is 0.148 e. The van der Waals surface area contributed by atoms with Crippen molar-refractivity contribution in [3.8, 4) is 39.3 Å². The number of benzene rings is 7. The number of furan rings is 1. The fourth-order valence-electron chi connectivity index (χ4n) is 7.82. The molecule has 242 valence electrons. The average Bonchev–Trinajstić information content (AvgIpc) is 3.79. The summed E-state index contributed by atoms with van der Waals surface area (Å²) in [6.07, 6.45) is 4.04. The zero-order chi connectivity index (χ0) is 33.9. The van der Waals surface area contributed by atoms with E-state index in [0.29, 0.717) is 11.8 Å². The Balaban J connectivity index is 1.33. The van der Waals surface area contributed by atoms with Gasteiger partial charge in [-0.2, -0.15) is 0 Å². The van der Waals surface area contributed by atoms with Gasteiger partial charge in [-0.25, -0.2) is 4.98 Å². The number of hydrogen-bond acceptors (Lipinski definition) is 2. The average molecular weight is 647 g/mol. The van der Waals surface area contributed by atoms with E-state index in [-0.39, 0.29) is 0 Å². The minimum atomic E-state index is 0.305. The van der Waals surface area contributed by atoms with Crippen LogP contribution in [0.25, 0.3) is 82.8 Å². The molecule has 0 fully saturated rings. The van der Waals surface area contributed by atoms with E-state index in [1.54, 1.807) is 0 Å². The van der Waals surface area contributed by atoms with Crippen molar-refractivity contribution in [3.63, 3.8) is 0 Å². The molecule has 9 aromatic rings. The smallest absolute Gasteiger partial charge is 0.148 e. The van der Waals surface area contributed by atoms with Crippen molar-refractivity contribution in [1.82, 2.24) is 9.55 Å². The highest BCUT2D eigenvalue weighted by atomic mass is 16.3. The van der Waals surface area contributed by atoms with Crippen molar-refractivity contribution in [2.24, 2.45) is 0 Å². The maximum absolute atomic E-state index is 7.00. The number of fused-ring (bicyclic) bond motifs is 7. The zero-order valence-corrected chi connectivity index (χ0v) is 28.8. The highest BCUT2D eigenvalue weighted by molar-refractivity contribution is 6.30. The van der Waals surface area contributed by atoms with Crippen LogP contribution in [-0.4, -0.2) is 9.55 Å². The van der Waals surface area contributed by atoms with Crippen LogP contribution in [0.2, 0.25) is 0 Å². The third-order valence-corrected chi connectivity index (χ3v) is 10.2. The molecule has 3 nitrogen and oxygen atoms in total. The lowest BCUT2D eigenvalue weighted by atomic mass is 9.88. The molecule has 2 heterocycles. The Morgan fingerprint density at radius 1 is 0.540 bits per heavy atom. The Morgan fingerprint density at radius 2 is 1.20 bits per heavy atom. The molecule has 50 heavy (non-hydrogen) atoms. The van der Waals surface area contributed by atoms with Crippen molar-refractivity contribution in [3.05, 3.63) is 157 Å². The fourth-order valence-corrected chi connectivity index (χ4v) is 7.82. The van der Waals surface area contributed by atoms with E-state index in [0.717, 1.165) is 33.3 Å². The van der Waals surface area contributed by atoms with Crippen LogP contribution in [-0.2, 0) is 0 Å². The summed E-state index contributed by atoms with van der Waals surface area (Å²) in [7, 11) is 0. The first kappa shape index (κ1) is 30.2. The van der Waals surface area contributed by atoms with E-state index >= 15 is 0 Å². The van der Waals surface area contributed by atoms with Gasteiger partial charge in [0, 0.05) is 28.6 Å². The summed E-state index contributed by atoms with van der Waals surface area (Å²) in [5, 5.41) is 7.13. The summed E-state index contributed by atoms with van der Waals surface area (Å²) in [4.78, 5) is 5.04. The molecule has 0 N–H and O–H groups in total. The van der Waals surface area contributed by atoms with Crippen molar-refractivity contribution in [2.75, 3.05) is 0 Å². The molecule has 0 radical (unpaired) electrons. The zero-order valence-electron chi connectivity index (χ0n) is 28.8. The largest absolute Gasteiger partial charge is 0.455 e. The quantitative estimate of drug-likeness (QED) is 0.168. The molecular formula is C47H38N2O. The second-order valence-electron chi connectivity index (χ2n) is 14.0. The Bertz CT molecular complexity index is 2670. The van der Waals surface area contributed by atoms with Gasteiger partial charge >= 0.3 is 0 Å². The third kappa shape index (κ3) is 4.76. The van der Waals surface area contributed by atoms with Crippen LogP contribution in [0.15, 0.2) is 150 Å². The van der Waals surface area contributed by atoms with Crippen LogP contribution in [0, 0.1) is 0 Å². The van der Waals surface area contributed by atoms with Gasteiger partial charge in [0.2, 0.25) is 0 Å². The lowest BCUT2D eigenvalue weighted by molar-refractivity contribution is 0.669. The molecule has 0 aliphatic rings. The maximum atomic E-state index is 7.00. The lowest BCUT2D eigenvalue weighted by Crippen LogP contribution is -2.08. The van der Waals surface area contributed by atoms with E-state index < -0.39 is 0 Å². The normalized spacial score (nSPS) is 12.0. The van der Waals surface area contributed by atoms with Crippen LogP contribution in [0.1, 0.15) is 50.7 Å². The molecule has 7 aromatic carbocycles. The van der Waals surface area contributed by atoms with E-state index in [2.05, 4.69) is 172 Å². The molecule has 0 unspecified atom stereocenters. The summed E-state index contributed by atoms with van der Waals surface area (Å²) >= 11 is 0. The van der Waals surface area contributed by atoms with Crippen molar-refractivity contribution in [2.45, 2.75) is 39.5 Å². The summed E-state index contributed by atoms with van der Waals surface area (Å²) in [5.74, 6) is 1.49. The SMILES string of the molecule is CC(C)c1cc(-c2ccccc2)cc(C(C)C)c1-n1ccnc1-c1cccc2c1oc1cc(-c3ccccc3)c3ccc4ccccc4c3c12. The summed E-state index contributed by atoms with van der Waals surface area (Å²) in [6, 6.07) is 48.0. The van der Waals surface area contributed by atoms with E-state index in [9.17, 15) is 0 Å². The number of imidazole rings is 1. The highest BCUT2D eigenvalue weighted by Gasteiger charge is 2.24. The minimum absolute atomic E-state index is 0.305. The molecule has 0 aliphatic heterocycles. The van der Waals surface area contributed by atoms with Crippen molar-refractivity contribution >= 4 is 43.5 Å². The topological polar surface area (TPSA) is 31.0 Å². The molecule has 0 atom stereocenters. The first-order valence-electron chi connectivity index (χ1n) is 17.6. The number of aromatic nitrogens is 2. The summed E-state index contributed by atoms with van der Waals surface area (Å²) < 4.78 is 9.29. The number of rotatable bonds is 6. The van der Waals surface area contributed by atoms with E-state index in [1.165, 1.54) is 60.6 Å². The molecule has 0 saturated heterocycles. The molecule has 2 aromatic heterocycles. The molecule has 9 rings (SSSR count). The highest BCUT2D eigenvalue weighted by Crippen LogP contribution is 2.45. The van der Waals surface area contributed by atoms with Gasteiger partial charge in [0.1, 0.15) is 17.0 Å². The van der Waals surface area contributed by atoms with Gasteiger partial charge in [-0.3, -0.25) is 4.57 Å². The Kier molecular flexibility index (Phi) is 7.17. The monoisotopic (exact) mass is 646 g/mol.